The monoisotopic (exact) mass is 213 g/mol. The second-order valence-corrected chi connectivity index (χ2v) is 3.24. The Hall–Kier alpha value is -1.43. The Labute approximate surface area is 87.5 Å². The Morgan fingerprint density at radius 1 is 1.53 bits per heavy atom. The molecule has 0 unspecified atom stereocenters. The van der Waals surface area contributed by atoms with E-state index in [9.17, 15) is 4.79 Å². The second-order valence-electron chi connectivity index (χ2n) is 3.24. The number of aromatic carboxylic acids is 1. The van der Waals surface area contributed by atoms with Crippen molar-refractivity contribution in [1.29, 1.82) is 0 Å². The summed E-state index contributed by atoms with van der Waals surface area (Å²) in [5, 5.41) is 24.9. The molecule has 0 fully saturated rings. The van der Waals surface area contributed by atoms with Crippen molar-refractivity contribution in [3.8, 4) is 0 Å². The number of hydrogen-bond acceptors (Lipinski definition) is 4. The van der Waals surface area contributed by atoms with Gasteiger partial charge in [0.25, 0.3) is 0 Å². The fourth-order valence-electron chi connectivity index (χ4n) is 1.36. The van der Waals surface area contributed by atoms with Gasteiger partial charge in [-0.2, -0.15) is 0 Å². The molecule has 84 valence electrons. The number of aliphatic hydroxyl groups excluding tert-OH is 1. The molecular weight excluding hydrogens is 198 g/mol. The number of nitrogens with zero attached hydrogens (tertiary/aromatic N) is 3. The van der Waals surface area contributed by atoms with Crippen molar-refractivity contribution < 1.29 is 15.0 Å². The molecule has 2 N–H and O–H groups in total. The average Bonchev–Trinajstić information content (AvgIpc) is 2.59. The Morgan fingerprint density at radius 2 is 2.27 bits per heavy atom. The molecule has 1 rings (SSSR count). The van der Waals surface area contributed by atoms with Gasteiger partial charge in [0.15, 0.2) is 5.69 Å². The normalized spacial score (nSPS) is 10.5. The summed E-state index contributed by atoms with van der Waals surface area (Å²) in [4.78, 5) is 10.8. The molecule has 6 nitrogen and oxygen atoms in total. The van der Waals surface area contributed by atoms with E-state index in [-0.39, 0.29) is 12.3 Å². The Bertz CT molecular complexity index is 335. The molecule has 1 heterocycles. The van der Waals surface area contributed by atoms with Gasteiger partial charge in [0.2, 0.25) is 0 Å². The van der Waals surface area contributed by atoms with Crippen molar-refractivity contribution in [2.75, 3.05) is 6.61 Å². The van der Waals surface area contributed by atoms with Crippen molar-refractivity contribution in [1.82, 2.24) is 15.0 Å². The van der Waals surface area contributed by atoms with E-state index in [0.717, 1.165) is 12.8 Å². The molecule has 0 bridgehead atoms. The summed E-state index contributed by atoms with van der Waals surface area (Å²) in [5.41, 5.74) is 0.593. The summed E-state index contributed by atoms with van der Waals surface area (Å²) >= 11 is 0. The number of carboxylic acids is 1. The third-order valence-corrected chi connectivity index (χ3v) is 2.12. The van der Waals surface area contributed by atoms with Crippen molar-refractivity contribution in [3.63, 3.8) is 0 Å². The van der Waals surface area contributed by atoms with Gasteiger partial charge in [-0.05, 0) is 12.8 Å². The molecule has 0 saturated heterocycles. The lowest BCUT2D eigenvalue weighted by Gasteiger charge is -2.04. The van der Waals surface area contributed by atoms with Crippen LogP contribution in [0.2, 0.25) is 0 Å². The van der Waals surface area contributed by atoms with Crippen LogP contribution in [0.3, 0.4) is 0 Å². The van der Waals surface area contributed by atoms with Gasteiger partial charge >= 0.3 is 5.97 Å². The minimum Gasteiger partial charge on any atom is -0.476 e. The van der Waals surface area contributed by atoms with Gasteiger partial charge in [0, 0.05) is 0 Å². The van der Waals surface area contributed by atoms with Crippen LogP contribution in [0.1, 0.15) is 35.9 Å². The molecule has 0 radical (unpaired) electrons. The summed E-state index contributed by atoms with van der Waals surface area (Å²) < 4.78 is 1.46. The van der Waals surface area contributed by atoms with Gasteiger partial charge in [0.1, 0.15) is 0 Å². The van der Waals surface area contributed by atoms with E-state index >= 15 is 0 Å². The molecular formula is C9H15N3O3. The van der Waals surface area contributed by atoms with E-state index in [1.54, 1.807) is 0 Å². The van der Waals surface area contributed by atoms with Crippen LogP contribution in [0.5, 0.6) is 0 Å². The number of carboxylic acid groups (broad SMARTS) is 1. The highest BCUT2D eigenvalue weighted by Crippen LogP contribution is 2.09. The standard InChI is InChI=1S/C9H15N3O3/c1-2-3-4-7-8(9(14)15)10-11-12(7)5-6-13/h13H,2-6H2,1H3,(H,14,15). The molecule has 0 saturated carbocycles. The SMILES string of the molecule is CCCCc1c(C(=O)O)nnn1CCO. The minimum atomic E-state index is -1.06. The Kier molecular flexibility index (Phi) is 4.23. The highest BCUT2D eigenvalue weighted by molar-refractivity contribution is 5.86. The molecule has 0 amide bonds. The molecule has 0 atom stereocenters. The van der Waals surface area contributed by atoms with Crippen LogP contribution in [-0.2, 0) is 13.0 Å². The van der Waals surface area contributed by atoms with E-state index in [1.165, 1.54) is 4.68 Å². The average molecular weight is 213 g/mol. The summed E-state index contributed by atoms with van der Waals surface area (Å²) in [6.45, 7) is 2.25. The zero-order valence-corrected chi connectivity index (χ0v) is 8.68. The first kappa shape index (κ1) is 11.6. The summed E-state index contributed by atoms with van der Waals surface area (Å²) in [6, 6.07) is 0. The highest BCUT2D eigenvalue weighted by Gasteiger charge is 2.17. The number of carbonyl (C=O) groups is 1. The van der Waals surface area contributed by atoms with Crippen LogP contribution in [0.4, 0.5) is 0 Å². The summed E-state index contributed by atoms with van der Waals surface area (Å²) in [5.74, 6) is -1.06. The van der Waals surface area contributed by atoms with E-state index in [0.29, 0.717) is 18.7 Å². The van der Waals surface area contributed by atoms with Gasteiger partial charge < -0.3 is 10.2 Å². The number of rotatable bonds is 6. The van der Waals surface area contributed by atoms with Crippen molar-refractivity contribution in [2.45, 2.75) is 32.7 Å². The first-order chi connectivity index (χ1) is 7.20. The lowest BCUT2D eigenvalue weighted by molar-refractivity contribution is 0.0689. The lowest BCUT2D eigenvalue weighted by atomic mass is 10.1. The first-order valence-electron chi connectivity index (χ1n) is 4.97. The van der Waals surface area contributed by atoms with E-state index in [1.807, 2.05) is 6.92 Å². The number of aliphatic hydroxyl groups is 1. The first-order valence-corrected chi connectivity index (χ1v) is 4.97. The third-order valence-electron chi connectivity index (χ3n) is 2.12. The predicted octanol–water partition coefficient (Wildman–Crippen LogP) is 0.311. The maximum atomic E-state index is 10.8. The highest BCUT2D eigenvalue weighted by atomic mass is 16.4. The maximum Gasteiger partial charge on any atom is 0.358 e. The smallest absolute Gasteiger partial charge is 0.358 e. The molecule has 0 aliphatic rings. The summed E-state index contributed by atoms with van der Waals surface area (Å²) in [6.07, 6.45) is 2.49. The van der Waals surface area contributed by atoms with E-state index in [4.69, 9.17) is 10.2 Å². The molecule has 0 aliphatic heterocycles. The fourth-order valence-corrected chi connectivity index (χ4v) is 1.36. The van der Waals surface area contributed by atoms with Crippen LogP contribution >= 0.6 is 0 Å². The number of unbranched alkanes of at least 4 members (excludes halogenated alkanes) is 1. The molecule has 0 spiro atoms. The molecule has 1 aromatic rings. The van der Waals surface area contributed by atoms with Crippen LogP contribution in [0.15, 0.2) is 0 Å². The minimum absolute atomic E-state index is 0.00287. The van der Waals surface area contributed by atoms with Crippen LogP contribution in [0, 0.1) is 0 Å². The van der Waals surface area contributed by atoms with Gasteiger partial charge in [-0.25, -0.2) is 9.48 Å². The molecule has 6 heteroatoms. The zero-order valence-electron chi connectivity index (χ0n) is 8.68. The molecule has 0 aromatic carbocycles. The predicted molar refractivity (Wildman–Crippen MR) is 52.7 cm³/mol. The lowest BCUT2D eigenvalue weighted by Crippen LogP contribution is -2.10. The van der Waals surface area contributed by atoms with Crippen molar-refractivity contribution in [3.05, 3.63) is 11.4 Å². The third kappa shape index (κ3) is 2.76. The molecule has 1 aromatic heterocycles. The van der Waals surface area contributed by atoms with Gasteiger partial charge in [-0.1, -0.05) is 18.6 Å². The quantitative estimate of drug-likeness (QED) is 0.710. The zero-order chi connectivity index (χ0) is 11.3. The second kappa shape index (κ2) is 5.45. The van der Waals surface area contributed by atoms with E-state index in [2.05, 4.69) is 10.3 Å². The fraction of sp³-hybridized carbons (Fsp3) is 0.667. The van der Waals surface area contributed by atoms with Gasteiger partial charge in [-0.3, -0.25) is 0 Å². The molecule has 0 aliphatic carbocycles. The van der Waals surface area contributed by atoms with Crippen LogP contribution < -0.4 is 0 Å². The van der Waals surface area contributed by atoms with Gasteiger partial charge in [0.05, 0.1) is 18.8 Å². The van der Waals surface area contributed by atoms with Gasteiger partial charge in [-0.15, -0.1) is 5.10 Å². The topological polar surface area (TPSA) is 88.2 Å². The Balaban J connectivity index is 2.91. The van der Waals surface area contributed by atoms with Crippen LogP contribution in [-0.4, -0.2) is 37.8 Å². The van der Waals surface area contributed by atoms with Crippen molar-refractivity contribution in [2.24, 2.45) is 0 Å². The van der Waals surface area contributed by atoms with E-state index < -0.39 is 5.97 Å². The Morgan fingerprint density at radius 3 is 2.80 bits per heavy atom. The van der Waals surface area contributed by atoms with Crippen LogP contribution in [0.25, 0.3) is 0 Å². The number of aromatic nitrogens is 3. The largest absolute Gasteiger partial charge is 0.476 e. The van der Waals surface area contributed by atoms with Crippen molar-refractivity contribution >= 4 is 5.97 Å². The maximum absolute atomic E-state index is 10.8. The number of hydrogen-bond donors (Lipinski definition) is 2. The summed E-state index contributed by atoms with van der Waals surface area (Å²) in [7, 11) is 0. The molecule has 15 heavy (non-hydrogen) atoms.